The molecular formula is C11H12F3N3O2S. The molecule has 0 aliphatic carbocycles. The van der Waals surface area contributed by atoms with E-state index in [0.29, 0.717) is 15.6 Å². The Morgan fingerprint density at radius 3 is 2.85 bits per heavy atom. The molecular weight excluding hydrogens is 295 g/mol. The highest BCUT2D eigenvalue weighted by Gasteiger charge is 2.32. The SMILES string of the molecule is O=C(Cc1cn2ccsc2n1)N(CCO)CC(F)(F)F. The van der Waals surface area contributed by atoms with Gasteiger partial charge in [-0.05, 0) is 0 Å². The summed E-state index contributed by atoms with van der Waals surface area (Å²) >= 11 is 1.37. The van der Waals surface area contributed by atoms with E-state index in [1.165, 1.54) is 11.3 Å². The Morgan fingerprint density at radius 1 is 1.50 bits per heavy atom. The Labute approximate surface area is 116 Å². The first-order valence-electron chi connectivity index (χ1n) is 5.75. The molecule has 5 nitrogen and oxygen atoms in total. The van der Waals surface area contributed by atoms with Gasteiger partial charge in [0.05, 0.1) is 18.7 Å². The summed E-state index contributed by atoms with van der Waals surface area (Å²) < 4.78 is 38.8. The first kappa shape index (κ1) is 14.8. The number of aliphatic hydroxyl groups is 1. The lowest BCUT2D eigenvalue weighted by molar-refractivity contribution is -0.161. The molecule has 1 amide bonds. The number of aliphatic hydroxyl groups excluding tert-OH is 1. The highest BCUT2D eigenvalue weighted by atomic mass is 32.1. The van der Waals surface area contributed by atoms with E-state index >= 15 is 0 Å². The summed E-state index contributed by atoms with van der Waals surface area (Å²) in [4.78, 5) is 17.3. The number of fused-ring (bicyclic) bond motifs is 1. The number of carbonyl (C=O) groups excluding carboxylic acids is 1. The molecule has 0 atom stereocenters. The van der Waals surface area contributed by atoms with E-state index in [1.807, 2.05) is 5.38 Å². The van der Waals surface area contributed by atoms with Gasteiger partial charge in [-0.2, -0.15) is 13.2 Å². The molecule has 2 heterocycles. The van der Waals surface area contributed by atoms with Crippen LogP contribution in [0, 0.1) is 0 Å². The number of carbonyl (C=O) groups is 1. The van der Waals surface area contributed by atoms with Crippen LogP contribution in [-0.4, -0.2) is 51.2 Å². The number of nitrogens with zero attached hydrogens (tertiary/aromatic N) is 3. The Kier molecular flexibility index (Phi) is 4.29. The monoisotopic (exact) mass is 307 g/mol. The van der Waals surface area contributed by atoms with Gasteiger partial charge in [-0.1, -0.05) is 0 Å². The molecule has 110 valence electrons. The Morgan fingerprint density at radius 2 is 2.25 bits per heavy atom. The number of amides is 1. The van der Waals surface area contributed by atoms with E-state index in [-0.39, 0.29) is 13.0 Å². The number of hydrogen-bond donors (Lipinski definition) is 1. The van der Waals surface area contributed by atoms with Crippen molar-refractivity contribution in [1.82, 2.24) is 14.3 Å². The van der Waals surface area contributed by atoms with Crippen molar-refractivity contribution in [2.45, 2.75) is 12.6 Å². The van der Waals surface area contributed by atoms with Gasteiger partial charge in [-0.3, -0.25) is 9.20 Å². The van der Waals surface area contributed by atoms with Gasteiger partial charge < -0.3 is 10.0 Å². The molecule has 0 saturated carbocycles. The largest absolute Gasteiger partial charge is 0.406 e. The van der Waals surface area contributed by atoms with Crippen molar-refractivity contribution in [2.24, 2.45) is 0 Å². The van der Waals surface area contributed by atoms with Gasteiger partial charge in [0.25, 0.3) is 0 Å². The Hall–Kier alpha value is -1.61. The van der Waals surface area contributed by atoms with Gasteiger partial charge in [0.1, 0.15) is 6.54 Å². The zero-order valence-electron chi connectivity index (χ0n) is 10.3. The molecule has 0 bridgehead atoms. The van der Waals surface area contributed by atoms with Crippen LogP contribution in [0.15, 0.2) is 17.8 Å². The first-order valence-corrected chi connectivity index (χ1v) is 6.63. The molecule has 2 aromatic heterocycles. The molecule has 1 N–H and O–H groups in total. The second kappa shape index (κ2) is 5.80. The summed E-state index contributed by atoms with van der Waals surface area (Å²) in [6.07, 6.45) is -1.35. The highest BCUT2D eigenvalue weighted by Crippen LogP contribution is 2.17. The predicted octanol–water partition coefficient (Wildman–Crippen LogP) is 1.32. The minimum atomic E-state index is -4.49. The number of aromatic nitrogens is 2. The number of rotatable bonds is 5. The van der Waals surface area contributed by atoms with Crippen LogP contribution in [0.5, 0.6) is 0 Å². The standard InChI is InChI=1S/C11H12F3N3O2S/c12-11(13,14)7-17(1-3-18)9(19)5-8-6-16-2-4-20-10(16)15-8/h2,4,6,18H,1,3,5,7H2. The van der Waals surface area contributed by atoms with Crippen LogP contribution in [-0.2, 0) is 11.2 Å². The summed E-state index contributed by atoms with van der Waals surface area (Å²) in [6, 6.07) is 0. The number of imidazole rings is 1. The number of hydrogen-bond acceptors (Lipinski definition) is 4. The number of alkyl halides is 3. The molecule has 9 heteroatoms. The van der Waals surface area contributed by atoms with Crippen LogP contribution >= 0.6 is 11.3 Å². The molecule has 0 unspecified atom stereocenters. The fourth-order valence-electron chi connectivity index (χ4n) is 1.76. The fourth-order valence-corrected chi connectivity index (χ4v) is 2.48. The van der Waals surface area contributed by atoms with Gasteiger partial charge in [-0.15, -0.1) is 11.3 Å². The van der Waals surface area contributed by atoms with Crippen molar-refractivity contribution >= 4 is 22.2 Å². The van der Waals surface area contributed by atoms with E-state index in [0.717, 1.165) is 0 Å². The van der Waals surface area contributed by atoms with Crippen LogP contribution in [0.4, 0.5) is 13.2 Å². The van der Waals surface area contributed by atoms with E-state index in [4.69, 9.17) is 5.11 Å². The molecule has 0 aliphatic heterocycles. The van der Waals surface area contributed by atoms with E-state index in [1.54, 1.807) is 16.8 Å². The second-order valence-electron chi connectivity index (χ2n) is 4.16. The van der Waals surface area contributed by atoms with Crippen LogP contribution < -0.4 is 0 Å². The molecule has 0 aliphatic rings. The minimum Gasteiger partial charge on any atom is -0.395 e. The topological polar surface area (TPSA) is 57.8 Å². The molecule has 2 rings (SSSR count). The van der Waals surface area contributed by atoms with Crippen LogP contribution in [0.2, 0.25) is 0 Å². The van der Waals surface area contributed by atoms with E-state index < -0.39 is 25.2 Å². The van der Waals surface area contributed by atoms with Crippen molar-refractivity contribution in [3.63, 3.8) is 0 Å². The third-order valence-electron chi connectivity index (χ3n) is 2.57. The van der Waals surface area contributed by atoms with Crippen molar-refractivity contribution < 1.29 is 23.1 Å². The third-order valence-corrected chi connectivity index (χ3v) is 3.34. The first-order chi connectivity index (χ1) is 9.39. The maximum atomic E-state index is 12.4. The van der Waals surface area contributed by atoms with Crippen molar-refractivity contribution in [2.75, 3.05) is 19.7 Å². The smallest absolute Gasteiger partial charge is 0.395 e. The average Bonchev–Trinajstić information content (AvgIpc) is 2.87. The maximum Gasteiger partial charge on any atom is 0.406 e. The van der Waals surface area contributed by atoms with Gasteiger partial charge in [-0.25, -0.2) is 4.98 Å². The second-order valence-corrected chi connectivity index (χ2v) is 5.03. The summed E-state index contributed by atoms with van der Waals surface area (Å²) in [6.45, 7) is -2.23. The van der Waals surface area contributed by atoms with Gasteiger partial charge in [0.2, 0.25) is 5.91 Å². The maximum absolute atomic E-state index is 12.4. The fraction of sp³-hybridized carbons (Fsp3) is 0.455. The molecule has 0 spiro atoms. The normalized spacial score (nSPS) is 12.0. The van der Waals surface area contributed by atoms with Crippen LogP contribution in [0.1, 0.15) is 5.69 Å². The lowest BCUT2D eigenvalue weighted by Crippen LogP contribution is -2.41. The van der Waals surface area contributed by atoms with Gasteiger partial charge >= 0.3 is 6.18 Å². The van der Waals surface area contributed by atoms with Crippen LogP contribution in [0.3, 0.4) is 0 Å². The average molecular weight is 307 g/mol. The summed E-state index contributed by atoms with van der Waals surface area (Å²) in [5, 5.41) is 10.6. The predicted molar refractivity (Wildman–Crippen MR) is 66.5 cm³/mol. The van der Waals surface area contributed by atoms with Gasteiger partial charge in [0.15, 0.2) is 4.96 Å². The highest BCUT2D eigenvalue weighted by molar-refractivity contribution is 7.15. The summed E-state index contributed by atoms with van der Waals surface area (Å²) in [5.74, 6) is -0.706. The number of halogens is 3. The van der Waals surface area contributed by atoms with Gasteiger partial charge in [0, 0.05) is 24.3 Å². The minimum absolute atomic E-state index is 0.218. The lowest BCUT2D eigenvalue weighted by Gasteiger charge is -2.22. The molecule has 0 fully saturated rings. The quantitative estimate of drug-likeness (QED) is 0.906. The Balaban J connectivity index is 2.05. The van der Waals surface area contributed by atoms with Crippen molar-refractivity contribution in [1.29, 1.82) is 0 Å². The third kappa shape index (κ3) is 3.70. The summed E-state index contributed by atoms with van der Waals surface area (Å²) in [5.41, 5.74) is 0.409. The number of thiazole rings is 1. The lowest BCUT2D eigenvalue weighted by atomic mass is 10.3. The zero-order valence-corrected chi connectivity index (χ0v) is 11.1. The zero-order chi connectivity index (χ0) is 14.8. The van der Waals surface area contributed by atoms with Crippen LogP contribution in [0.25, 0.3) is 4.96 Å². The molecule has 0 aromatic carbocycles. The molecule has 0 saturated heterocycles. The van der Waals surface area contributed by atoms with Crippen molar-refractivity contribution in [3.8, 4) is 0 Å². The Bertz CT molecular complexity index is 565. The molecule has 20 heavy (non-hydrogen) atoms. The van der Waals surface area contributed by atoms with Crippen molar-refractivity contribution in [3.05, 3.63) is 23.5 Å². The van der Waals surface area contributed by atoms with E-state index in [2.05, 4.69) is 4.98 Å². The molecule has 2 aromatic rings. The summed E-state index contributed by atoms with van der Waals surface area (Å²) in [7, 11) is 0. The molecule has 0 radical (unpaired) electrons. The van der Waals surface area contributed by atoms with E-state index in [9.17, 15) is 18.0 Å².